The van der Waals surface area contributed by atoms with E-state index in [1.807, 2.05) is 0 Å². The SMILES string of the molecule is C[C@H](Cc1ccc(F)c(Br)c1)C(=O)N1CCO[C@H](C(=O)O)C1. The molecule has 0 aromatic heterocycles. The quantitative estimate of drug-likeness (QED) is 0.877. The molecule has 0 radical (unpaired) electrons. The van der Waals surface area contributed by atoms with Gasteiger partial charge in [0.15, 0.2) is 6.10 Å². The van der Waals surface area contributed by atoms with Crippen LogP contribution >= 0.6 is 15.9 Å². The van der Waals surface area contributed by atoms with Crippen molar-refractivity contribution in [3.05, 3.63) is 34.1 Å². The highest BCUT2D eigenvalue weighted by Gasteiger charge is 2.30. The number of hydrogen-bond acceptors (Lipinski definition) is 3. The van der Waals surface area contributed by atoms with Gasteiger partial charge in [0.25, 0.3) is 0 Å². The van der Waals surface area contributed by atoms with E-state index in [1.165, 1.54) is 11.0 Å². The lowest BCUT2D eigenvalue weighted by molar-refractivity contribution is -0.160. The molecule has 1 fully saturated rings. The summed E-state index contributed by atoms with van der Waals surface area (Å²) in [6.45, 7) is 2.45. The number of carbonyl (C=O) groups excluding carboxylic acids is 1. The minimum absolute atomic E-state index is 0.0611. The van der Waals surface area contributed by atoms with Gasteiger partial charge in [0.1, 0.15) is 5.82 Å². The standard InChI is InChI=1S/C15H17BrFNO4/c1-9(6-10-2-3-12(17)11(16)7-10)14(19)18-4-5-22-13(8-18)15(20)21/h2-3,7,9,13H,4-6,8H2,1H3,(H,20,21)/t9-,13+/m1/s1. The number of halogens is 2. The Balaban J connectivity index is 1.99. The molecule has 0 aliphatic carbocycles. The molecule has 1 N–H and O–H groups in total. The number of hydrogen-bond donors (Lipinski definition) is 1. The summed E-state index contributed by atoms with van der Waals surface area (Å²) >= 11 is 3.12. The molecule has 120 valence electrons. The van der Waals surface area contributed by atoms with Crippen LogP contribution in [-0.2, 0) is 20.7 Å². The van der Waals surface area contributed by atoms with Crippen LogP contribution in [0.4, 0.5) is 4.39 Å². The summed E-state index contributed by atoms with van der Waals surface area (Å²) < 4.78 is 18.7. The van der Waals surface area contributed by atoms with Crippen molar-refractivity contribution < 1.29 is 23.8 Å². The maximum Gasteiger partial charge on any atom is 0.334 e. The third-order valence-corrected chi connectivity index (χ3v) is 4.21. The van der Waals surface area contributed by atoms with E-state index in [9.17, 15) is 14.0 Å². The Morgan fingerprint density at radius 2 is 2.27 bits per heavy atom. The Morgan fingerprint density at radius 1 is 1.55 bits per heavy atom. The number of rotatable bonds is 4. The first-order chi connectivity index (χ1) is 10.4. The monoisotopic (exact) mass is 373 g/mol. The van der Waals surface area contributed by atoms with E-state index >= 15 is 0 Å². The van der Waals surface area contributed by atoms with Crippen LogP contribution < -0.4 is 0 Å². The minimum atomic E-state index is -1.06. The number of aliphatic carboxylic acids is 1. The van der Waals surface area contributed by atoms with Gasteiger partial charge in [-0.1, -0.05) is 13.0 Å². The molecule has 0 unspecified atom stereocenters. The zero-order valence-electron chi connectivity index (χ0n) is 12.1. The first-order valence-electron chi connectivity index (χ1n) is 6.95. The van der Waals surface area contributed by atoms with Crippen molar-refractivity contribution in [2.75, 3.05) is 19.7 Å². The van der Waals surface area contributed by atoms with Crippen LogP contribution in [0.15, 0.2) is 22.7 Å². The van der Waals surface area contributed by atoms with Gasteiger partial charge in [-0.3, -0.25) is 4.79 Å². The molecule has 22 heavy (non-hydrogen) atoms. The van der Waals surface area contributed by atoms with E-state index in [-0.39, 0.29) is 30.8 Å². The summed E-state index contributed by atoms with van der Waals surface area (Å²) in [5.74, 6) is -1.84. The smallest absolute Gasteiger partial charge is 0.334 e. The van der Waals surface area contributed by atoms with Gasteiger partial charge < -0.3 is 14.7 Å². The summed E-state index contributed by atoms with van der Waals surface area (Å²) in [5, 5.41) is 8.96. The topological polar surface area (TPSA) is 66.8 Å². The fourth-order valence-corrected chi connectivity index (χ4v) is 2.84. The fourth-order valence-electron chi connectivity index (χ4n) is 2.42. The zero-order valence-corrected chi connectivity index (χ0v) is 13.7. The number of ether oxygens (including phenoxy) is 1. The summed E-state index contributed by atoms with van der Waals surface area (Å²) in [4.78, 5) is 24.9. The van der Waals surface area contributed by atoms with Crippen molar-refractivity contribution >= 4 is 27.8 Å². The predicted molar refractivity (Wildman–Crippen MR) is 80.9 cm³/mol. The fraction of sp³-hybridized carbons (Fsp3) is 0.467. The van der Waals surface area contributed by atoms with Crippen molar-refractivity contribution in [2.24, 2.45) is 5.92 Å². The van der Waals surface area contributed by atoms with Crippen molar-refractivity contribution in [3.8, 4) is 0 Å². The van der Waals surface area contributed by atoms with Gasteiger partial charge in [-0.25, -0.2) is 9.18 Å². The van der Waals surface area contributed by atoms with E-state index in [1.54, 1.807) is 19.1 Å². The van der Waals surface area contributed by atoms with Gasteiger partial charge in [0.05, 0.1) is 17.6 Å². The molecular weight excluding hydrogens is 357 g/mol. The Bertz CT molecular complexity index is 581. The molecule has 5 nitrogen and oxygen atoms in total. The van der Waals surface area contributed by atoms with Crippen molar-refractivity contribution in [3.63, 3.8) is 0 Å². The maximum absolute atomic E-state index is 13.2. The van der Waals surface area contributed by atoms with Crippen LogP contribution in [0.5, 0.6) is 0 Å². The molecule has 0 saturated carbocycles. The van der Waals surface area contributed by atoms with Gasteiger partial charge in [-0.05, 0) is 40.0 Å². The Morgan fingerprint density at radius 3 is 2.91 bits per heavy atom. The molecule has 7 heteroatoms. The highest BCUT2D eigenvalue weighted by atomic mass is 79.9. The summed E-state index contributed by atoms with van der Waals surface area (Å²) in [7, 11) is 0. The second-order valence-corrected chi connectivity index (χ2v) is 6.19. The molecule has 1 aliphatic heterocycles. The largest absolute Gasteiger partial charge is 0.479 e. The van der Waals surface area contributed by atoms with E-state index < -0.39 is 12.1 Å². The summed E-state index contributed by atoms with van der Waals surface area (Å²) in [5.41, 5.74) is 0.845. The second kappa shape index (κ2) is 7.19. The van der Waals surface area contributed by atoms with Gasteiger partial charge in [0.2, 0.25) is 5.91 Å². The van der Waals surface area contributed by atoms with Gasteiger partial charge in [-0.2, -0.15) is 0 Å². The number of amides is 1. The van der Waals surface area contributed by atoms with Crippen LogP contribution in [0.3, 0.4) is 0 Å². The van der Waals surface area contributed by atoms with Crippen molar-refractivity contribution in [1.29, 1.82) is 0 Å². The number of benzene rings is 1. The van der Waals surface area contributed by atoms with Crippen LogP contribution in [0, 0.1) is 11.7 Å². The highest BCUT2D eigenvalue weighted by molar-refractivity contribution is 9.10. The number of morpholine rings is 1. The molecule has 0 spiro atoms. The number of carboxylic acids is 1. The van der Waals surface area contributed by atoms with Gasteiger partial charge in [0, 0.05) is 12.5 Å². The Kier molecular flexibility index (Phi) is 5.52. The van der Waals surface area contributed by atoms with Crippen molar-refractivity contribution in [2.45, 2.75) is 19.4 Å². The van der Waals surface area contributed by atoms with Crippen LogP contribution in [-0.4, -0.2) is 47.7 Å². The average Bonchev–Trinajstić information content (AvgIpc) is 2.50. The van der Waals surface area contributed by atoms with Crippen LogP contribution in [0.1, 0.15) is 12.5 Å². The molecule has 1 aromatic rings. The highest BCUT2D eigenvalue weighted by Crippen LogP contribution is 2.20. The lowest BCUT2D eigenvalue weighted by atomic mass is 9.99. The number of nitrogens with zero attached hydrogens (tertiary/aromatic N) is 1. The molecule has 1 saturated heterocycles. The number of carbonyl (C=O) groups is 2. The average molecular weight is 374 g/mol. The maximum atomic E-state index is 13.2. The van der Waals surface area contributed by atoms with Crippen LogP contribution in [0.25, 0.3) is 0 Å². The third kappa shape index (κ3) is 4.04. The molecule has 1 aliphatic rings. The zero-order chi connectivity index (χ0) is 16.3. The lowest BCUT2D eigenvalue weighted by Crippen LogP contribution is -2.50. The van der Waals surface area contributed by atoms with E-state index in [4.69, 9.17) is 9.84 Å². The number of carboxylic acid groups (broad SMARTS) is 1. The van der Waals surface area contributed by atoms with Gasteiger partial charge in [-0.15, -0.1) is 0 Å². The predicted octanol–water partition coefficient (Wildman–Crippen LogP) is 2.08. The Labute approximate surface area is 136 Å². The van der Waals surface area contributed by atoms with Crippen LogP contribution in [0.2, 0.25) is 0 Å². The first-order valence-corrected chi connectivity index (χ1v) is 7.75. The Hall–Kier alpha value is -1.47. The molecule has 1 heterocycles. The summed E-state index contributed by atoms with van der Waals surface area (Å²) in [6.07, 6.45) is -0.503. The van der Waals surface area contributed by atoms with E-state index in [0.717, 1.165) is 5.56 Å². The minimum Gasteiger partial charge on any atom is -0.479 e. The molecule has 1 amide bonds. The summed E-state index contributed by atoms with van der Waals surface area (Å²) in [6, 6.07) is 4.65. The van der Waals surface area contributed by atoms with E-state index in [2.05, 4.69) is 15.9 Å². The molecule has 2 atom stereocenters. The van der Waals surface area contributed by atoms with Gasteiger partial charge >= 0.3 is 5.97 Å². The molecule has 1 aromatic carbocycles. The second-order valence-electron chi connectivity index (χ2n) is 5.34. The van der Waals surface area contributed by atoms with Crippen molar-refractivity contribution in [1.82, 2.24) is 4.90 Å². The van der Waals surface area contributed by atoms with E-state index in [0.29, 0.717) is 17.4 Å². The molecule has 0 bridgehead atoms. The lowest BCUT2D eigenvalue weighted by Gasteiger charge is -2.32. The third-order valence-electron chi connectivity index (χ3n) is 3.60. The first kappa shape index (κ1) is 16.9. The molecular formula is C15H17BrFNO4. The normalized spacial score (nSPS) is 19.8. The molecule has 2 rings (SSSR count).